The van der Waals surface area contributed by atoms with E-state index in [-0.39, 0.29) is 6.03 Å². The molecule has 0 aliphatic rings. The average Bonchev–Trinajstić information content (AvgIpc) is 2.59. The van der Waals surface area contributed by atoms with Crippen LogP contribution in [0.15, 0.2) is 72.9 Å². The lowest BCUT2D eigenvalue weighted by Gasteiger charge is -2.11. The zero-order valence-corrected chi connectivity index (χ0v) is 13.2. The fraction of sp³-hybridized carbons (Fsp3) is 0.0526. The van der Waals surface area contributed by atoms with Crippen molar-refractivity contribution >= 4 is 17.5 Å². The van der Waals surface area contributed by atoms with Crippen molar-refractivity contribution in [1.82, 2.24) is 4.98 Å². The molecule has 0 bridgehead atoms. The number of amides is 2. The van der Waals surface area contributed by atoms with Gasteiger partial charge in [0, 0.05) is 11.9 Å². The van der Waals surface area contributed by atoms with Crippen LogP contribution in [0.3, 0.4) is 0 Å². The minimum Gasteiger partial charge on any atom is -0.457 e. The molecule has 5 heteroatoms. The van der Waals surface area contributed by atoms with E-state index in [1.54, 1.807) is 24.4 Å². The Labute approximate surface area is 140 Å². The molecule has 0 unspecified atom stereocenters. The monoisotopic (exact) mass is 319 g/mol. The summed E-state index contributed by atoms with van der Waals surface area (Å²) in [5.41, 5.74) is 1.61. The molecule has 0 aliphatic carbocycles. The second-order valence-electron chi connectivity index (χ2n) is 5.19. The fourth-order valence-corrected chi connectivity index (χ4v) is 2.17. The topological polar surface area (TPSA) is 63.2 Å². The molecule has 0 fully saturated rings. The lowest BCUT2D eigenvalue weighted by atomic mass is 10.2. The standard InChI is InChI=1S/C19H17N3O2/c1-14-13-15(21-19(23)22-18-9-5-6-12-20-18)10-11-17(14)24-16-7-3-2-4-8-16/h2-13H,1H3,(H2,20,21,22,23). The molecule has 0 saturated carbocycles. The third kappa shape index (κ3) is 4.10. The van der Waals surface area contributed by atoms with Gasteiger partial charge >= 0.3 is 6.03 Å². The van der Waals surface area contributed by atoms with Crippen molar-refractivity contribution in [2.45, 2.75) is 6.92 Å². The first-order valence-corrected chi connectivity index (χ1v) is 7.53. The maximum Gasteiger partial charge on any atom is 0.324 e. The minimum absolute atomic E-state index is 0.343. The molecule has 3 rings (SSSR count). The van der Waals surface area contributed by atoms with Crippen molar-refractivity contribution in [2.24, 2.45) is 0 Å². The Hall–Kier alpha value is -3.34. The summed E-state index contributed by atoms with van der Waals surface area (Å²) in [7, 11) is 0. The summed E-state index contributed by atoms with van der Waals surface area (Å²) < 4.78 is 5.83. The Bertz CT molecular complexity index is 821. The molecule has 120 valence electrons. The van der Waals surface area contributed by atoms with Crippen molar-refractivity contribution in [3.8, 4) is 11.5 Å². The molecule has 3 aromatic rings. The fourth-order valence-electron chi connectivity index (χ4n) is 2.17. The van der Waals surface area contributed by atoms with Crippen molar-refractivity contribution in [3.05, 3.63) is 78.5 Å². The summed E-state index contributed by atoms with van der Waals surface area (Å²) in [4.78, 5) is 16.0. The normalized spacial score (nSPS) is 10.0. The Kier molecular flexibility index (Phi) is 4.72. The average molecular weight is 319 g/mol. The third-order valence-electron chi connectivity index (χ3n) is 3.31. The van der Waals surface area contributed by atoms with Gasteiger partial charge in [0.2, 0.25) is 0 Å². The van der Waals surface area contributed by atoms with E-state index >= 15 is 0 Å². The van der Waals surface area contributed by atoms with Gasteiger partial charge in [0.25, 0.3) is 0 Å². The zero-order chi connectivity index (χ0) is 16.8. The summed E-state index contributed by atoms with van der Waals surface area (Å²) in [6.45, 7) is 1.93. The Balaban J connectivity index is 1.65. The number of pyridine rings is 1. The highest BCUT2D eigenvalue weighted by molar-refractivity contribution is 5.99. The van der Waals surface area contributed by atoms with Crippen LogP contribution in [0.25, 0.3) is 0 Å². The van der Waals surface area contributed by atoms with Gasteiger partial charge in [-0.3, -0.25) is 5.32 Å². The van der Waals surface area contributed by atoms with E-state index in [0.29, 0.717) is 11.5 Å². The van der Waals surface area contributed by atoms with Crippen molar-refractivity contribution in [3.63, 3.8) is 0 Å². The van der Waals surface area contributed by atoms with Gasteiger partial charge in [-0.15, -0.1) is 0 Å². The van der Waals surface area contributed by atoms with E-state index in [4.69, 9.17) is 4.74 Å². The van der Waals surface area contributed by atoms with Crippen LogP contribution in [-0.2, 0) is 0 Å². The minimum atomic E-state index is -0.343. The van der Waals surface area contributed by atoms with E-state index in [0.717, 1.165) is 17.1 Å². The van der Waals surface area contributed by atoms with E-state index in [9.17, 15) is 4.79 Å². The van der Waals surface area contributed by atoms with Crippen LogP contribution in [0.2, 0.25) is 0 Å². The summed E-state index contributed by atoms with van der Waals surface area (Å²) >= 11 is 0. The molecular weight excluding hydrogens is 302 g/mol. The number of nitrogens with one attached hydrogen (secondary N) is 2. The smallest absolute Gasteiger partial charge is 0.324 e. The number of aromatic nitrogens is 1. The number of hydrogen-bond acceptors (Lipinski definition) is 3. The van der Waals surface area contributed by atoms with Crippen molar-refractivity contribution < 1.29 is 9.53 Å². The number of ether oxygens (including phenoxy) is 1. The van der Waals surface area contributed by atoms with Crippen LogP contribution in [0, 0.1) is 6.92 Å². The predicted molar refractivity (Wildman–Crippen MR) is 94.6 cm³/mol. The maximum absolute atomic E-state index is 12.0. The molecule has 0 spiro atoms. The van der Waals surface area contributed by atoms with Crippen LogP contribution < -0.4 is 15.4 Å². The number of hydrogen-bond donors (Lipinski definition) is 2. The number of anilines is 2. The lowest BCUT2D eigenvalue weighted by Crippen LogP contribution is -2.20. The molecule has 0 radical (unpaired) electrons. The number of rotatable bonds is 4. The molecule has 2 aromatic carbocycles. The number of urea groups is 1. The van der Waals surface area contributed by atoms with Crippen molar-refractivity contribution in [1.29, 1.82) is 0 Å². The quantitative estimate of drug-likeness (QED) is 0.724. The second kappa shape index (κ2) is 7.28. The van der Waals surface area contributed by atoms with Crippen molar-refractivity contribution in [2.75, 3.05) is 10.6 Å². The van der Waals surface area contributed by atoms with Gasteiger partial charge in [0.1, 0.15) is 17.3 Å². The maximum atomic E-state index is 12.0. The molecule has 0 atom stereocenters. The Morgan fingerprint density at radius 2 is 1.75 bits per heavy atom. The van der Waals surface area contributed by atoms with Gasteiger partial charge in [0.15, 0.2) is 0 Å². The lowest BCUT2D eigenvalue weighted by molar-refractivity contribution is 0.262. The number of carbonyl (C=O) groups excluding carboxylic acids is 1. The van der Waals surface area contributed by atoms with Gasteiger partial charge in [-0.25, -0.2) is 9.78 Å². The van der Waals surface area contributed by atoms with E-state index in [2.05, 4.69) is 15.6 Å². The van der Waals surface area contributed by atoms with Gasteiger partial charge in [-0.2, -0.15) is 0 Å². The summed E-state index contributed by atoms with van der Waals surface area (Å²) in [6, 6.07) is 20.0. The molecule has 2 N–H and O–H groups in total. The van der Waals surface area contributed by atoms with Gasteiger partial charge in [0.05, 0.1) is 0 Å². The summed E-state index contributed by atoms with van der Waals surface area (Å²) in [5, 5.41) is 5.45. The molecule has 0 saturated heterocycles. The number of carbonyl (C=O) groups is 1. The highest BCUT2D eigenvalue weighted by atomic mass is 16.5. The largest absolute Gasteiger partial charge is 0.457 e. The zero-order valence-electron chi connectivity index (χ0n) is 13.2. The molecule has 1 heterocycles. The Morgan fingerprint density at radius 1 is 0.958 bits per heavy atom. The summed E-state index contributed by atoms with van der Waals surface area (Å²) in [6.07, 6.45) is 1.62. The number of aryl methyl sites for hydroxylation is 1. The number of benzene rings is 2. The predicted octanol–water partition coefficient (Wildman–Crippen LogP) is 4.83. The van der Waals surface area contributed by atoms with Gasteiger partial charge in [-0.05, 0) is 55.0 Å². The van der Waals surface area contributed by atoms with Gasteiger partial charge < -0.3 is 10.1 Å². The highest BCUT2D eigenvalue weighted by Gasteiger charge is 2.06. The van der Waals surface area contributed by atoms with E-state index < -0.39 is 0 Å². The van der Waals surface area contributed by atoms with E-state index in [1.165, 1.54) is 0 Å². The SMILES string of the molecule is Cc1cc(NC(=O)Nc2ccccn2)ccc1Oc1ccccc1. The Morgan fingerprint density at radius 3 is 2.46 bits per heavy atom. The van der Waals surface area contributed by atoms with Crippen LogP contribution in [-0.4, -0.2) is 11.0 Å². The highest BCUT2D eigenvalue weighted by Crippen LogP contribution is 2.27. The first-order chi connectivity index (χ1) is 11.7. The van der Waals surface area contributed by atoms with Crippen LogP contribution in [0.5, 0.6) is 11.5 Å². The second-order valence-corrected chi connectivity index (χ2v) is 5.19. The van der Waals surface area contributed by atoms with Crippen LogP contribution in [0.1, 0.15) is 5.56 Å². The summed E-state index contributed by atoms with van der Waals surface area (Å²) in [5.74, 6) is 2.02. The first-order valence-electron chi connectivity index (χ1n) is 7.53. The number of para-hydroxylation sites is 1. The molecule has 2 amide bonds. The molecule has 1 aromatic heterocycles. The molecule has 0 aliphatic heterocycles. The molecular formula is C19H17N3O2. The molecule has 5 nitrogen and oxygen atoms in total. The van der Waals surface area contributed by atoms with Crippen LogP contribution in [0.4, 0.5) is 16.3 Å². The third-order valence-corrected chi connectivity index (χ3v) is 3.31. The number of nitrogens with zero attached hydrogens (tertiary/aromatic N) is 1. The molecule has 24 heavy (non-hydrogen) atoms. The van der Waals surface area contributed by atoms with Gasteiger partial charge in [-0.1, -0.05) is 24.3 Å². The van der Waals surface area contributed by atoms with Crippen LogP contribution >= 0.6 is 0 Å². The first kappa shape index (κ1) is 15.6. The van der Waals surface area contributed by atoms with E-state index in [1.807, 2.05) is 55.5 Å².